The Bertz CT molecular complexity index is 1670. The monoisotopic (exact) mass is 658 g/mol. The lowest BCUT2D eigenvalue weighted by molar-refractivity contribution is -0.159. The third kappa shape index (κ3) is 5.89. The average Bonchev–Trinajstić information content (AvgIpc) is 3.57. The summed E-state index contributed by atoms with van der Waals surface area (Å²) in [5.74, 6) is -3.85. The summed E-state index contributed by atoms with van der Waals surface area (Å²) in [5.41, 5.74) is 0.0690. The van der Waals surface area contributed by atoms with Gasteiger partial charge in [-0.25, -0.2) is 28.5 Å². The number of benzene rings is 1. The molecule has 1 aliphatic carbocycles. The number of hydrogen-bond donors (Lipinski definition) is 3. The fourth-order valence-electron chi connectivity index (χ4n) is 6.01. The molecule has 1 saturated heterocycles. The molecular weight excluding hydrogens is 630 g/mol. The number of aromatic nitrogens is 3. The first-order valence-corrected chi connectivity index (χ1v) is 15.7. The van der Waals surface area contributed by atoms with Crippen LogP contribution in [0.2, 0.25) is 5.02 Å². The van der Waals surface area contributed by atoms with Gasteiger partial charge in [-0.1, -0.05) is 17.7 Å². The van der Waals surface area contributed by atoms with Crippen LogP contribution in [-0.4, -0.2) is 62.6 Å². The van der Waals surface area contributed by atoms with E-state index in [1.807, 2.05) is 4.90 Å². The van der Waals surface area contributed by atoms with Crippen LogP contribution in [0.25, 0.3) is 0 Å². The maximum absolute atomic E-state index is 14.6. The van der Waals surface area contributed by atoms with Crippen LogP contribution in [-0.2, 0) is 19.9 Å². The lowest BCUT2D eigenvalue weighted by Crippen LogP contribution is -2.45. The normalized spacial score (nSPS) is 23.7. The van der Waals surface area contributed by atoms with E-state index < -0.39 is 46.2 Å². The molecule has 45 heavy (non-hydrogen) atoms. The van der Waals surface area contributed by atoms with Gasteiger partial charge in [0.25, 0.3) is 0 Å². The summed E-state index contributed by atoms with van der Waals surface area (Å²) in [6.45, 7) is 2.82. The zero-order chi connectivity index (χ0) is 31.9. The second-order valence-electron chi connectivity index (χ2n) is 11.2. The number of hydrogen-bond acceptors (Lipinski definition) is 11. The van der Waals surface area contributed by atoms with Crippen molar-refractivity contribution in [1.82, 2.24) is 20.3 Å². The summed E-state index contributed by atoms with van der Waals surface area (Å²) >= 11 is 7.62. The van der Waals surface area contributed by atoms with Crippen molar-refractivity contribution in [3.05, 3.63) is 80.2 Å². The number of thiazole rings is 1. The van der Waals surface area contributed by atoms with Crippen molar-refractivity contribution in [3.8, 4) is 0 Å². The third-order valence-electron chi connectivity index (χ3n) is 8.44. The minimum Gasteiger partial charge on any atom is -0.481 e. The molecule has 2 aliphatic heterocycles. The summed E-state index contributed by atoms with van der Waals surface area (Å²) < 4.78 is 34.1. The number of rotatable bonds is 8. The Morgan fingerprint density at radius 1 is 1.18 bits per heavy atom. The van der Waals surface area contributed by atoms with Gasteiger partial charge in [-0.15, -0.1) is 11.3 Å². The second-order valence-corrected chi connectivity index (χ2v) is 12.4. The van der Waals surface area contributed by atoms with Crippen molar-refractivity contribution in [1.29, 1.82) is 0 Å². The van der Waals surface area contributed by atoms with Crippen molar-refractivity contribution in [3.63, 3.8) is 0 Å². The number of nitrogens with zero attached hydrogens (tertiary/aromatic N) is 5. The van der Waals surface area contributed by atoms with Crippen molar-refractivity contribution in [2.75, 3.05) is 24.6 Å². The molecule has 1 saturated carbocycles. The smallest absolute Gasteiger partial charge is 0.338 e. The zero-order valence-electron chi connectivity index (χ0n) is 24.0. The predicted octanol–water partition coefficient (Wildman–Crippen LogP) is 4.37. The number of amidine groups is 1. The standard InChI is InChI=1S/C30H29ClF2N6O5S/c1-2-44-28(42)20-23(37-25(26-34-7-10-45-26)38-24(20)18-3-4-19(32)22(33)21(18)31)15-5-8-39(9-6-15)29-35-13-17(14-36-29)30(43)11-16(12-30)27(40)41/h3-4,7,10,13-16,24,43H,2,5-6,8-9,11-12H2,1H3,(H,37,38)(H,40,41)/t16-,24?,30+. The largest absolute Gasteiger partial charge is 0.481 e. The van der Waals surface area contributed by atoms with Crippen LogP contribution in [0.15, 0.2) is 52.4 Å². The molecule has 4 heterocycles. The van der Waals surface area contributed by atoms with E-state index >= 15 is 0 Å². The van der Waals surface area contributed by atoms with E-state index in [0.29, 0.717) is 54.0 Å². The Labute approximate surface area is 265 Å². The number of aliphatic hydroxyl groups is 1. The predicted molar refractivity (Wildman–Crippen MR) is 161 cm³/mol. The molecule has 1 unspecified atom stereocenters. The highest BCUT2D eigenvalue weighted by Crippen LogP contribution is 2.46. The molecule has 3 aliphatic rings. The Balaban J connectivity index is 1.28. The minimum absolute atomic E-state index is 0.0920. The van der Waals surface area contributed by atoms with Gasteiger partial charge in [0.2, 0.25) is 5.95 Å². The number of carbonyl (C=O) groups excluding carboxylic acids is 1. The summed E-state index contributed by atoms with van der Waals surface area (Å²) in [6.07, 6.45) is 6.06. The molecule has 2 aromatic heterocycles. The molecule has 3 aromatic rings. The van der Waals surface area contributed by atoms with Crippen molar-refractivity contribution in [2.24, 2.45) is 16.8 Å². The molecule has 15 heteroatoms. The van der Waals surface area contributed by atoms with Crippen LogP contribution < -0.4 is 10.2 Å². The van der Waals surface area contributed by atoms with E-state index in [1.54, 1.807) is 18.5 Å². The molecule has 0 radical (unpaired) electrons. The Morgan fingerprint density at radius 3 is 2.51 bits per heavy atom. The fourth-order valence-corrected chi connectivity index (χ4v) is 6.85. The van der Waals surface area contributed by atoms with Gasteiger partial charge in [-0.05, 0) is 38.7 Å². The summed E-state index contributed by atoms with van der Waals surface area (Å²) in [5, 5.41) is 25.1. The van der Waals surface area contributed by atoms with Crippen molar-refractivity contribution in [2.45, 2.75) is 44.2 Å². The van der Waals surface area contributed by atoms with Crippen LogP contribution in [0.3, 0.4) is 0 Å². The van der Waals surface area contributed by atoms with Gasteiger partial charge in [0, 0.05) is 59.8 Å². The number of anilines is 1. The van der Waals surface area contributed by atoms with Crippen LogP contribution in [0.4, 0.5) is 14.7 Å². The average molecular weight is 659 g/mol. The van der Waals surface area contributed by atoms with Gasteiger partial charge in [0.15, 0.2) is 22.5 Å². The highest BCUT2D eigenvalue weighted by molar-refractivity contribution is 7.11. The number of ether oxygens (including phenoxy) is 1. The maximum atomic E-state index is 14.6. The molecule has 2 fully saturated rings. The highest BCUT2D eigenvalue weighted by atomic mass is 35.5. The van der Waals surface area contributed by atoms with E-state index in [2.05, 4.69) is 20.3 Å². The molecule has 1 aromatic carbocycles. The Kier molecular flexibility index (Phi) is 8.55. The Morgan fingerprint density at radius 2 is 1.89 bits per heavy atom. The van der Waals surface area contributed by atoms with E-state index in [1.165, 1.54) is 29.8 Å². The fraction of sp³-hybridized carbons (Fsp3) is 0.400. The van der Waals surface area contributed by atoms with Crippen LogP contribution in [0, 0.1) is 23.5 Å². The molecule has 11 nitrogen and oxygen atoms in total. The van der Waals surface area contributed by atoms with Crippen LogP contribution in [0.1, 0.15) is 54.8 Å². The molecule has 3 N–H and O–H groups in total. The minimum atomic E-state index is -1.25. The van der Waals surface area contributed by atoms with Gasteiger partial charge >= 0.3 is 11.9 Å². The molecule has 6 rings (SSSR count). The van der Waals surface area contributed by atoms with Gasteiger partial charge in [-0.2, -0.15) is 0 Å². The highest BCUT2D eigenvalue weighted by Gasteiger charge is 2.48. The maximum Gasteiger partial charge on any atom is 0.338 e. The number of carbonyl (C=O) groups is 2. The van der Waals surface area contributed by atoms with Crippen LogP contribution >= 0.6 is 22.9 Å². The topological polar surface area (TPSA) is 150 Å². The van der Waals surface area contributed by atoms with Crippen LogP contribution in [0.5, 0.6) is 0 Å². The van der Waals surface area contributed by atoms with E-state index in [-0.39, 0.29) is 36.5 Å². The molecule has 236 valence electrons. The molecule has 0 bridgehead atoms. The number of allylic oxidation sites excluding steroid dienone is 1. The first kappa shape index (κ1) is 31.0. The summed E-state index contributed by atoms with van der Waals surface area (Å²) in [6, 6.07) is 1.20. The zero-order valence-corrected chi connectivity index (χ0v) is 25.6. The molecule has 0 amide bonds. The SMILES string of the molecule is CCOC(=O)C1=C(C2CCN(c3ncc([C@]4(O)C[C@@H](C(=O)O)C4)cn3)CC2)NC(c2nccs2)=NC1c1ccc(F)c(F)c1Cl. The molecule has 0 spiro atoms. The number of halogens is 3. The van der Waals surface area contributed by atoms with Gasteiger partial charge in [0.05, 0.1) is 28.7 Å². The number of aliphatic carboxylic acids is 1. The first-order valence-electron chi connectivity index (χ1n) is 14.4. The van der Waals surface area contributed by atoms with Crippen molar-refractivity contribution >= 4 is 46.7 Å². The van der Waals surface area contributed by atoms with Gasteiger partial charge < -0.3 is 25.2 Å². The lowest BCUT2D eigenvalue weighted by Gasteiger charge is -2.41. The summed E-state index contributed by atoms with van der Waals surface area (Å²) in [4.78, 5) is 44.6. The number of carboxylic acids is 1. The number of esters is 1. The second kappa shape index (κ2) is 12.4. The van der Waals surface area contributed by atoms with Crippen molar-refractivity contribution < 1.29 is 33.3 Å². The van der Waals surface area contributed by atoms with Gasteiger partial charge in [-0.3, -0.25) is 9.79 Å². The molecular formula is C30H29ClF2N6O5S. The lowest BCUT2D eigenvalue weighted by atomic mass is 9.68. The van der Waals surface area contributed by atoms with E-state index in [4.69, 9.17) is 26.4 Å². The number of nitrogens with one attached hydrogen (secondary N) is 1. The summed E-state index contributed by atoms with van der Waals surface area (Å²) in [7, 11) is 0. The first-order chi connectivity index (χ1) is 21.6. The third-order valence-corrected chi connectivity index (χ3v) is 9.61. The van der Waals surface area contributed by atoms with Gasteiger partial charge in [0.1, 0.15) is 6.04 Å². The molecule has 1 atom stereocenters. The Hall–Kier alpha value is -4.01. The number of aliphatic imine (C=N–C) groups is 1. The van der Waals surface area contributed by atoms with E-state index in [0.717, 1.165) is 6.07 Å². The number of piperidine rings is 1. The number of carboxylic acid groups (broad SMARTS) is 1. The quantitative estimate of drug-likeness (QED) is 0.235. The van der Waals surface area contributed by atoms with E-state index in [9.17, 15) is 23.5 Å².